The Kier molecular flexibility index (Phi) is 55.5. The maximum Gasteiger partial charge on any atom is 0.306 e. The van der Waals surface area contributed by atoms with E-state index in [4.69, 9.17) is 14.2 Å². The molecule has 0 aliphatic carbocycles. The molecule has 6 heteroatoms. The summed E-state index contributed by atoms with van der Waals surface area (Å²) < 4.78 is 16.8. The third kappa shape index (κ3) is 56.5. The van der Waals surface area contributed by atoms with E-state index in [1.165, 1.54) is 44.9 Å². The zero-order valence-corrected chi connectivity index (χ0v) is 46.4. The number of unbranched alkanes of at least 4 members (excludes halogenated alkanes) is 18. The van der Waals surface area contributed by atoms with Crippen LogP contribution >= 0.6 is 0 Å². The Balaban J connectivity index is 4.47. The molecule has 0 aliphatic heterocycles. The molecule has 0 bridgehead atoms. The van der Waals surface area contributed by atoms with Crippen molar-refractivity contribution in [2.75, 3.05) is 13.2 Å². The van der Waals surface area contributed by atoms with E-state index in [0.29, 0.717) is 19.3 Å². The monoisotopic (exact) mass is 995 g/mol. The molecule has 6 nitrogen and oxygen atoms in total. The average molecular weight is 996 g/mol. The minimum absolute atomic E-state index is 0.104. The van der Waals surface area contributed by atoms with Crippen molar-refractivity contribution in [1.29, 1.82) is 0 Å². The van der Waals surface area contributed by atoms with Gasteiger partial charge in [-0.1, -0.05) is 225 Å². The highest BCUT2D eigenvalue weighted by molar-refractivity contribution is 5.71. The molecule has 0 radical (unpaired) electrons. The van der Waals surface area contributed by atoms with Crippen LogP contribution in [0.3, 0.4) is 0 Å². The lowest BCUT2D eigenvalue weighted by atomic mass is 10.1. The van der Waals surface area contributed by atoms with Crippen LogP contribution in [0, 0.1) is 0 Å². The summed E-state index contributed by atoms with van der Waals surface area (Å²) >= 11 is 0. The van der Waals surface area contributed by atoms with Gasteiger partial charge in [-0.05, 0) is 135 Å². The highest BCUT2D eigenvalue weighted by atomic mass is 16.6. The van der Waals surface area contributed by atoms with Crippen LogP contribution in [0.15, 0.2) is 134 Å². The molecule has 0 aromatic rings. The number of hydrogen-bond donors (Lipinski definition) is 0. The van der Waals surface area contributed by atoms with Crippen molar-refractivity contribution in [3.8, 4) is 0 Å². The molecule has 0 N–H and O–H groups in total. The fourth-order valence-electron chi connectivity index (χ4n) is 7.55. The van der Waals surface area contributed by atoms with Gasteiger partial charge in [0.2, 0.25) is 0 Å². The molecule has 72 heavy (non-hydrogen) atoms. The average Bonchev–Trinajstić information content (AvgIpc) is 3.38. The van der Waals surface area contributed by atoms with Crippen LogP contribution in [-0.2, 0) is 28.6 Å². The van der Waals surface area contributed by atoms with Crippen molar-refractivity contribution in [2.24, 2.45) is 0 Å². The van der Waals surface area contributed by atoms with E-state index in [9.17, 15) is 14.4 Å². The molecule has 0 rings (SSSR count). The van der Waals surface area contributed by atoms with Crippen LogP contribution in [-0.4, -0.2) is 37.2 Å². The summed E-state index contributed by atoms with van der Waals surface area (Å²) in [5.74, 6) is -0.967. The number of rotatable bonds is 51. The summed E-state index contributed by atoms with van der Waals surface area (Å²) in [6, 6.07) is 0. The molecule has 1 atom stereocenters. The van der Waals surface area contributed by atoms with Crippen LogP contribution in [0.25, 0.3) is 0 Å². The lowest BCUT2D eigenvalue weighted by Gasteiger charge is -2.18. The van der Waals surface area contributed by atoms with E-state index in [1.807, 2.05) is 0 Å². The maximum absolute atomic E-state index is 12.8. The third-order valence-corrected chi connectivity index (χ3v) is 11.9. The SMILES string of the molecule is CC/C=C\C/C=C\C/C=C\C/C=C\C/C=C\C/C=C\C/C=C\CCCCCC(=O)OCC(COC(=O)CCCCCCC/C=C\CCCCCCC)OC(=O)CCCCCCC/C=C\C/C=C\C/C=C\CC. The lowest BCUT2D eigenvalue weighted by molar-refractivity contribution is -0.167. The van der Waals surface area contributed by atoms with Crippen LogP contribution < -0.4 is 0 Å². The van der Waals surface area contributed by atoms with E-state index >= 15 is 0 Å². The molecule has 1 unspecified atom stereocenters. The van der Waals surface area contributed by atoms with Crippen molar-refractivity contribution in [3.63, 3.8) is 0 Å². The van der Waals surface area contributed by atoms with Gasteiger partial charge in [-0.25, -0.2) is 0 Å². The van der Waals surface area contributed by atoms with Crippen LogP contribution in [0.4, 0.5) is 0 Å². The quantitative estimate of drug-likeness (QED) is 0.0261. The molecule has 0 amide bonds. The van der Waals surface area contributed by atoms with Gasteiger partial charge in [0.25, 0.3) is 0 Å². The second-order valence-corrected chi connectivity index (χ2v) is 18.8. The van der Waals surface area contributed by atoms with E-state index in [-0.39, 0.29) is 31.1 Å². The van der Waals surface area contributed by atoms with Gasteiger partial charge in [0.05, 0.1) is 0 Å². The lowest BCUT2D eigenvalue weighted by Crippen LogP contribution is -2.30. The molecular formula is C66H106O6. The molecule has 0 fully saturated rings. The predicted octanol–water partition coefficient (Wildman–Crippen LogP) is 19.8. The van der Waals surface area contributed by atoms with Crippen LogP contribution in [0.1, 0.15) is 245 Å². The minimum Gasteiger partial charge on any atom is -0.462 e. The van der Waals surface area contributed by atoms with Gasteiger partial charge < -0.3 is 14.2 Å². The van der Waals surface area contributed by atoms with Crippen molar-refractivity contribution < 1.29 is 28.6 Å². The van der Waals surface area contributed by atoms with Crippen molar-refractivity contribution in [2.45, 2.75) is 252 Å². The Hall–Kier alpha value is -4.45. The van der Waals surface area contributed by atoms with Crippen LogP contribution in [0.2, 0.25) is 0 Å². The Morgan fingerprint density at radius 1 is 0.292 bits per heavy atom. The Morgan fingerprint density at radius 2 is 0.542 bits per heavy atom. The van der Waals surface area contributed by atoms with Gasteiger partial charge in [0.15, 0.2) is 6.10 Å². The van der Waals surface area contributed by atoms with Gasteiger partial charge in [-0.3, -0.25) is 14.4 Å². The summed E-state index contributed by atoms with van der Waals surface area (Å²) in [6.07, 6.45) is 83.0. The van der Waals surface area contributed by atoms with Gasteiger partial charge >= 0.3 is 17.9 Å². The first-order valence-corrected chi connectivity index (χ1v) is 29.2. The summed E-state index contributed by atoms with van der Waals surface area (Å²) in [4.78, 5) is 38.2. The largest absolute Gasteiger partial charge is 0.462 e. The van der Waals surface area contributed by atoms with E-state index in [1.54, 1.807) is 0 Å². The van der Waals surface area contributed by atoms with E-state index < -0.39 is 6.10 Å². The number of hydrogen-bond acceptors (Lipinski definition) is 6. The summed E-state index contributed by atoms with van der Waals surface area (Å²) in [6.45, 7) is 6.35. The minimum atomic E-state index is -0.810. The first-order chi connectivity index (χ1) is 35.5. The highest BCUT2D eigenvalue weighted by Gasteiger charge is 2.19. The van der Waals surface area contributed by atoms with Crippen molar-refractivity contribution in [3.05, 3.63) is 134 Å². The molecule has 0 aliphatic rings. The first-order valence-electron chi connectivity index (χ1n) is 29.2. The van der Waals surface area contributed by atoms with Gasteiger partial charge in [-0.15, -0.1) is 0 Å². The third-order valence-electron chi connectivity index (χ3n) is 11.9. The van der Waals surface area contributed by atoms with E-state index in [2.05, 4.69) is 154 Å². The van der Waals surface area contributed by atoms with Gasteiger partial charge in [0.1, 0.15) is 13.2 Å². The Morgan fingerprint density at radius 3 is 0.875 bits per heavy atom. The summed E-state index contributed by atoms with van der Waals surface area (Å²) in [5, 5.41) is 0. The zero-order valence-electron chi connectivity index (χ0n) is 46.4. The molecule has 406 valence electrons. The number of ether oxygens (including phenoxy) is 3. The number of carbonyl (C=O) groups excluding carboxylic acids is 3. The number of esters is 3. The maximum atomic E-state index is 12.8. The van der Waals surface area contributed by atoms with E-state index in [0.717, 1.165) is 161 Å². The number of allylic oxidation sites excluding steroid dienone is 22. The molecule has 0 aromatic carbocycles. The molecule has 0 spiro atoms. The zero-order chi connectivity index (χ0) is 52.2. The van der Waals surface area contributed by atoms with Gasteiger partial charge in [0, 0.05) is 19.3 Å². The smallest absolute Gasteiger partial charge is 0.306 e. The molecule has 0 saturated heterocycles. The summed E-state index contributed by atoms with van der Waals surface area (Å²) in [7, 11) is 0. The first kappa shape index (κ1) is 67.5. The van der Waals surface area contributed by atoms with Crippen molar-refractivity contribution in [1.82, 2.24) is 0 Å². The fraction of sp³-hybridized carbons (Fsp3) is 0.621. The normalized spacial score (nSPS) is 13.1. The molecule has 0 heterocycles. The topological polar surface area (TPSA) is 78.9 Å². The fourth-order valence-corrected chi connectivity index (χ4v) is 7.55. The highest BCUT2D eigenvalue weighted by Crippen LogP contribution is 2.13. The Bertz CT molecular complexity index is 1560. The second-order valence-electron chi connectivity index (χ2n) is 18.8. The van der Waals surface area contributed by atoms with Crippen LogP contribution in [0.5, 0.6) is 0 Å². The molecule has 0 aromatic heterocycles. The summed E-state index contributed by atoms with van der Waals surface area (Å²) in [5.41, 5.74) is 0. The molecule has 0 saturated carbocycles. The second kappa shape index (κ2) is 59.1. The molecular weight excluding hydrogens is 889 g/mol. The van der Waals surface area contributed by atoms with Crippen molar-refractivity contribution >= 4 is 17.9 Å². The standard InChI is InChI=1S/C66H106O6/c1-4-7-10-13-16-19-22-25-28-29-30-31-32-33-34-35-36-37-39-41-44-47-50-53-56-59-65(68)71-62-63(61-70-64(67)58-55-52-49-46-43-40-27-24-21-18-15-12-9-6-3)72-66(69)60-57-54-51-48-45-42-38-26-23-20-17-14-11-8-5-2/h7-8,10-11,16-17,19-20,24-28,30-31,33-34,36-38,41,44,63H,4-6,9,12-15,18,21-23,29,32,35,39-40,42-43,45-62H2,1-3H3/b10-7-,11-8-,19-16-,20-17-,27-24-,28-25-,31-30-,34-33-,37-36-,38-26-,44-41-. The predicted molar refractivity (Wildman–Crippen MR) is 311 cm³/mol. The van der Waals surface area contributed by atoms with Gasteiger partial charge in [-0.2, -0.15) is 0 Å². The Labute approximate surface area is 443 Å². The number of carbonyl (C=O) groups is 3.